The second-order valence-electron chi connectivity index (χ2n) is 6.23. The minimum Gasteiger partial charge on any atom is -0.461 e. The Kier molecular flexibility index (Phi) is 3.76. The van der Waals surface area contributed by atoms with Gasteiger partial charge in [0.15, 0.2) is 17.3 Å². The van der Waals surface area contributed by atoms with Crippen LogP contribution in [-0.2, 0) is 0 Å². The summed E-state index contributed by atoms with van der Waals surface area (Å²) in [4.78, 5) is 20.3. The molecule has 0 aliphatic carbocycles. The van der Waals surface area contributed by atoms with Crippen molar-refractivity contribution in [2.45, 2.75) is 0 Å². The number of hydrogen-bond acceptors (Lipinski definition) is 4. The first-order chi connectivity index (χ1) is 13.8. The molecule has 0 saturated carbocycles. The van der Waals surface area contributed by atoms with Crippen LogP contribution in [0.3, 0.4) is 0 Å². The third-order valence-electron chi connectivity index (χ3n) is 4.34. The fourth-order valence-corrected chi connectivity index (χ4v) is 2.98. The third-order valence-corrected chi connectivity index (χ3v) is 4.34. The summed E-state index contributed by atoms with van der Waals surface area (Å²) in [5, 5.41) is 7.22. The smallest absolute Gasteiger partial charge is 0.276 e. The number of aromatic nitrogens is 4. The van der Waals surface area contributed by atoms with Crippen LogP contribution in [0.4, 0.5) is 5.69 Å². The van der Waals surface area contributed by atoms with Crippen molar-refractivity contribution in [2.24, 2.45) is 0 Å². The van der Waals surface area contributed by atoms with E-state index in [1.165, 1.54) is 0 Å². The van der Waals surface area contributed by atoms with Crippen molar-refractivity contribution in [3.63, 3.8) is 0 Å². The summed E-state index contributed by atoms with van der Waals surface area (Å²) in [5.41, 5.74) is 3.48. The number of aromatic amines is 1. The highest BCUT2D eigenvalue weighted by molar-refractivity contribution is 6.03. The standard InChI is InChI=1S/C21H15N5O2/c27-21(17-10-11-26(25-17)15-5-2-1-3-6-15)22-14-8-9-16-18(13-14)24-20(23-16)19-7-4-12-28-19/h1-13H,(H,22,27)(H,23,24). The molecule has 5 rings (SSSR count). The molecule has 1 amide bonds. The largest absolute Gasteiger partial charge is 0.461 e. The first kappa shape index (κ1) is 16.1. The molecule has 2 aromatic carbocycles. The van der Waals surface area contributed by atoms with Crippen molar-refractivity contribution < 1.29 is 9.21 Å². The molecule has 0 spiro atoms. The second-order valence-corrected chi connectivity index (χ2v) is 6.23. The van der Waals surface area contributed by atoms with E-state index in [0.29, 0.717) is 23.0 Å². The lowest BCUT2D eigenvalue weighted by Crippen LogP contribution is -2.13. The van der Waals surface area contributed by atoms with Crippen LogP contribution in [0, 0.1) is 0 Å². The molecule has 0 saturated heterocycles. The number of rotatable bonds is 4. The van der Waals surface area contributed by atoms with Gasteiger partial charge in [-0.3, -0.25) is 4.79 Å². The average molecular weight is 369 g/mol. The molecule has 0 atom stereocenters. The van der Waals surface area contributed by atoms with Crippen LogP contribution in [0.2, 0.25) is 0 Å². The fourth-order valence-electron chi connectivity index (χ4n) is 2.98. The quantitative estimate of drug-likeness (QED) is 0.495. The van der Waals surface area contributed by atoms with E-state index >= 15 is 0 Å². The average Bonchev–Trinajstić information content (AvgIpc) is 3.47. The Balaban J connectivity index is 1.37. The van der Waals surface area contributed by atoms with E-state index in [2.05, 4.69) is 20.4 Å². The fraction of sp³-hybridized carbons (Fsp3) is 0. The maximum absolute atomic E-state index is 12.6. The molecule has 0 aliphatic heterocycles. The highest BCUT2D eigenvalue weighted by atomic mass is 16.3. The summed E-state index contributed by atoms with van der Waals surface area (Å²) in [6.45, 7) is 0. The summed E-state index contributed by atoms with van der Waals surface area (Å²) in [6, 6.07) is 20.5. The zero-order chi connectivity index (χ0) is 18.9. The number of imidazole rings is 1. The first-order valence-corrected chi connectivity index (χ1v) is 8.72. The molecule has 2 N–H and O–H groups in total. The van der Waals surface area contributed by atoms with E-state index in [1.807, 2.05) is 54.6 Å². The van der Waals surface area contributed by atoms with Crippen molar-refractivity contribution in [1.82, 2.24) is 19.7 Å². The second kappa shape index (κ2) is 6.55. The number of fused-ring (bicyclic) bond motifs is 1. The maximum atomic E-state index is 12.6. The van der Waals surface area contributed by atoms with Gasteiger partial charge in [-0.15, -0.1) is 0 Å². The van der Waals surface area contributed by atoms with Gasteiger partial charge in [0.25, 0.3) is 5.91 Å². The molecule has 0 fully saturated rings. The molecule has 7 heteroatoms. The van der Waals surface area contributed by atoms with Crippen LogP contribution in [0.15, 0.2) is 83.6 Å². The van der Waals surface area contributed by atoms with Crippen molar-refractivity contribution in [2.75, 3.05) is 5.32 Å². The number of carbonyl (C=O) groups excluding carboxylic acids is 1. The van der Waals surface area contributed by atoms with Crippen LogP contribution in [-0.4, -0.2) is 25.7 Å². The Morgan fingerprint density at radius 2 is 1.93 bits per heavy atom. The van der Waals surface area contributed by atoms with E-state index < -0.39 is 0 Å². The Bertz CT molecular complexity index is 1250. The zero-order valence-corrected chi connectivity index (χ0v) is 14.7. The number of H-pyrrole nitrogens is 1. The van der Waals surface area contributed by atoms with E-state index in [4.69, 9.17) is 4.42 Å². The number of anilines is 1. The predicted molar refractivity (Wildman–Crippen MR) is 105 cm³/mol. The number of nitrogens with one attached hydrogen (secondary N) is 2. The van der Waals surface area contributed by atoms with E-state index in [-0.39, 0.29) is 5.91 Å². The predicted octanol–water partition coefficient (Wildman–Crippen LogP) is 4.26. The minimum atomic E-state index is -0.278. The molecule has 3 aromatic heterocycles. The molecule has 136 valence electrons. The number of hydrogen-bond donors (Lipinski definition) is 2. The van der Waals surface area contributed by atoms with Crippen LogP contribution >= 0.6 is 0 Å². The summed E-state index contributed by atoms with van der Waals surface area (Å²) in [6.07, 6.45) is 3.36. The third kappa shape index (κ3) is 2.95. The van der Waals surface area contributed by atoms with Crippen LogP contribution < -0.4 is 5.32 Å². The Hall–Kier alpha value is -4.13. The number of amides is 1. The molecular formula is C21H15N5O2. The van der Waals surface area contributed by atoms with Crippen LogP contribution in [0.1, 0.15) is 10.5 Å². The molecule has 0 bridgehead atoms. The summed E-state index contributed by atoms with van der Waals surface area (Å²) < 4.78 is 7.04. The normalized spacial score (nSPS) is 11.0. The Morgan fingerprint density at radius 3 is 2.75 bits per heavy atom. The molecule has 28 heavy (non-hydrogen) atoms. The van der Waals surface area contributed by atoms with Crippen molar-refractivity contribution in [1.29, 1.82) is 0 Å². The van der Waals surface area contributed by atoms with Gasteiger partial charge in [-0.2, -0.15) is 5.10 Å². The van der Waals surface area contributed by atoms with Gasteiger partial charge in [-0.1, -0.05) is 18.2 Å². The molecule has 3 heterocycles. The lowest BCUT2D eigenvalue weighted by atomic mass is 10.2. The summed E-state index contributed by atoms with van der Waals surface area (Å²) in [5.74, 6) is 1.03. The van der Waals surface area contributed by atoms with Crippen LogP contribution in [0.25, 0.3) is 28.3 Å². The van der Waals surface area contributed by atoms with E-state index in [9.17, 15) is 4.79 Å². The molecular weight excluding hydrogens is 354 g/mol. The van der Waals surface area contributed by atoms with Gasteiger partial charge in [0.05, 0.1) is 23.0 Å². The Morgan fingerprint density at radius 1 is 1.04 bits per heavy atom. The molecule has 0 radical (unpaired) electrons. The van der Waals surface area contributed by atoms with E-state index in [0.717, 1.165) is 16.7 Å². The minimum absolute atomic E-state index is 0.278. The number of nitrogens with zero attached hydrogens (tertiary/aromatic N) is 3. The first-order valence-electron chi connectivity index (χ1n) is 8.72. The van der Waals surface area contributed by atoms with E-state index in [1.54, 1.807) is 29.3 Å². The Labute approximate surface area is 159 Å². The van der Waals surface area contributed by atoms with Gasteiger partial charge in [0, 0.05) is 11.9 Å². The van der Waals surface area contributed by atoms with Gasteiger partial charge in [0.2, 0.25) is 0 Å². The summed E-state index contributed by atoms with van der Waals surface area (Å²) >= 11 is 0. The molecule has 0 aliphatic rings. The van der Waals surface area contributed by atoms with Gasteiger partial charge >= 0.3 is 0 Å². The monoisotopic (exact) mass is 369 g/mol. The number of furan rings is 1. The lowest BCUT2D eigenvalue weighted by Gasteiger charge is -2.03. The van der Waals surface area contributed by atoms with Gasteiger partial charge in [0.1, 0.15) is 0 Å². The topological polar surface area (TPSA) is 88.7 Å². The molecule has 0 unspecified atom stereocenters. The van der Waals surface area contributed by atoms with Crippen LogP contribution in [0.5, 0.6) is 0 Å². The lowest BCUT2D eigenvalue weighted by molar-refractivity contribution is 0.102. The van der Waals surface area contributed by atoms with Gasteiger partial charge in [-0.25, -0.2) is 9.67 Å². The molecule has 5 aromatic rings. The number of benzene rings is 2. The van der Waals surface area contributed by atoms with Gasteiger partial charge < -0.3 is 14.7 Å². The zero-order valence-electron chi connectivity index (χ0n) is 14.7. The van der Waals surface area contributed by atoms with Crippen molar-refractivity contribution in [3.8, 4) is 17.3 Å². The SMILES string of the molecule is O=C(Nc1ccc2nc(-c3ccco3)[nH]c2c1)c1ccn(-c2ccccc2)n1. The highest BCUT2D eigenvalue weighted by Crippen LogP contribution is 2.23. The molecule has 7 nitrogen and oxygen atoms in total. The maximum Gasteiger partial charge on any atom is 0.276 e. The summed E-state index contributed by atoms with van der Waals surface area (Å²) in [7, 11) is 0. The van der Waals surface area contributed by atoms with Crippen molar-refractivity contribution >= 4 is 22.6 Å². The van der Waals surface area contributed by atoms with Gasteiger partial charge in [-0.05, 0) is 48.5 Å². The number of carbonyl (C=O) groups is 1. The number of para-hydroxylation sites is 1. The highest BCUT2D eigenvalue weighted by Gasteiger charge is 2.12. The van der Waals surface area contributed by atoms with Crippen molar-refractivity contribution in [3.05, 3.63) is 84.9 Å².